The standard InChI is InChI=1S/C22H28N2O4S/c1-5-6-13-23-22(26)17-9-7-8-10-18(17)24-21(25)15(2)29-16-11-12-19(27-3)20(14-16)28-4/h7-12,14-15H,5-6,13H2,1-4H3,(H,23,26)(H,24,25)/t15-/m1/s1. The predicted octanol–water partition coefficient (Wildman–Crippen LogP) is 4.35. The smallest absolute Gasteiger partial charge is 0.253 e. The van der Waals surface area contributed by atoms with Crippen LogP contribution in [0.1, 0.15) is 37.0 Å². The lowest BCUT2D eigenvalue weighted by Crippen LogP contribution is -2.28. The van der Waals surface area contributed by atoms with Crippen LogP contribution in [0.25, 0.3) is 0 Å². The number of methoxy groups -OCH3 is 2. The molecule has 2 amide bonds. The number of ether oxygens (including phenoxy) is 2. The van der Waals surface area contributed by atoms with Gasteiger partial charge in [-0.3, -0.25) is 9.59 Å². The Morgan fingerprint density at radius 1 is 1.07 bits per heavy atom. The first-order valence-electron chi connectivity index (χ1n) is 9.56. The molecule has 156 valence electrons. The molecule has 0 spiro atoms. The molecule has 0 saturated heterocycles. The van der Waals surface area contributed by atoms with Crippen LogP contribution in [0.5, 0.6) is 11.5 Å². The molecule has 1 atom stereocenters. The molecule has 2 aromatic carbocycles. The second kappa shape index (κ2) is 11.4. The van der Waals surface area contributed by atoms with Gasteiger partial charge >= 0.3 is 0 Å². The zero-order valence-electron chi connectivity index (χ0n) is 17.3. The van der Waals surface area contributed by atoms with E-state index in [1.807, 2.05) is 25.1 Å². The van der Waals surface area contributed by atoms with Crippen LogP contribution in [-0.2, 0) is 4.79 Å². The Kier molecular flexibility index (Phi) is 8.86. The molecule has 0 fully saturated rings. The lowest BCUT2D eigenvalue weighted by atomic mass is 10.1. The van der Waals surface area contributed by atoms with Crippen molar-refractivity contribution in [1.29, 1.82) is 0 Å². The number of amides is 2. The van der Waals surface area contributed by atoms with Gasteiger partial charge in [0.15, 0.2) is 11.5 Å². The summed E-state index contributed by atoms with van der Waals surface area (Å²) < 4.78 is 10.6. The van der Waals surface area contributed by atoms with E-state index in [-0.39, 0.29) is 17.1 Å². The number of hydrogen-bond acceptors (Lipinski definition) is 5. The van der Waals surface area contributed by atoms with E-state index in [1.165, 1.54) is 11.8 Å². The highest BCUT2D eigenvalue weighted by atomic mass is 32.2. The molecule has 7 heteroatoms. The summed E-state index contributed by atoms with van der Waals surface area (Å²) in [5.41, 5.74) is 0.964. The summed E-state index contributed by atoms with van der Waals surface area (Å²) in [5.74, 6) is 0.879. The number of para-hydroxylation sites is 1. The van der Waals surface area contributed by atoms with E-state index < -0.39 is 0 Å². The third kappa shape index (κ3) is 6.42. The summed E-state index contributed by atoms with van der Waals surface area (Å²) in [7, 11) is 3.15. The fourth-order valence-electron chi connectivity index (χ4n) is 2.65. The minimum Gasteiger partial charge on any atom is -0.493 e. The van der Waals surface area contributed by atoms with Gasteiger partial charge in [0.05, 0.1) is 30.7 Å². The Labute approximate surface area is 176 Å². The van der Waals surface area contributed by atoms with Crippen molar-refractivity contribution in [2.75, 3.05) is 26.1 Å². The lowest BCUT2D eigenvalue weighted by molar-refractivity contribution is -0.115. The number of carbonyl (C=O) groups excluding carboxylic acids is 2. The van der Waals surface area contributed by atoms with Crippen LogP contribution >= 0.6 is 11.8 Å². The van der Waals surface area contributed by atoms with Crippen LogP contribution in [0.15, 0.2) is 47.4 Å². The van der Waals surface area contributed by atoms with E-state index in [0.717, 1.165) is 17.7 Å². The highest BCUT2D eigenvalue weighted by molar-refractivity contribution is 8.00. The zero-order chi connectivity index (χ0) is 21.2. The second-order valence-corrected chi connectivity index (χ2v) is 7.84. The molecule has 6 nitrogen and oxygen atoms in total. The van der Waals surface area contributed by atoms with Crippen LogP contribution in [-0.4, -0.2) is 37.8 Å². The topological polar surface area (TPSA) is 76.7 Å². The molecule has 0 bridgehead atoms. The molecule has 0 radical (unpaired) electrons. The number of unbranched alkanes of at least 4 members (excludes halogenated alkanes) is 1. The molecular weight excluding hydrogens is 388 g/mol. The molecular formula is C22H28N2O4S. The van der Waals surface area contributed by atoms with Crippen LogP contribution in [0.4, 0.5) is 5.69 Å². The maximum atomic E-state index is 12.7. The van der Waals surface area contributed by atoms with Crippen molar-refractivity contribution in [2.24, 2.45) is 0 Å². The minimum atomic E-state index is -0.371. The van der Waals surface area contributed by atoms with E-state index in [1.54, 1.807) is 38.5 Å². The van der Waals surface area contributed by atoms with Gasteiger partial charge in [-0.25, -0.2) is 0 Å². The minimum absolute atomic E-state index is 0.182. The molecule has 0 heterocycles. The lowest BCUT2D eigenvalue weighted by Gasteiger charge is -2.15. The molecule has 0 unspecified atom stereocenters. The molecule has 0 aliphatic carbocycles. The van der Waals surface area contributed by atoms with E-state index in [0.29, 0.717) is 29.3 Å². The summed E-state index contributed by atoms with van der Waals surface area (Å²) >= 11 is 1.40. The number of benzene rings is 2. The SMILES string of the molecule is CCCCNC(=O)c1ccccc1NC(=O)[C@@H](C)Sc1ccc(OC)c(OC)c1. The van der Waals surface area contributed by atoms with Gasteiger partial charge in [0.2, 0.25) is 5.91 Å². The van der Waals surface area contributed by atoms with Crippen LogP contribution < -0.4 is 20.1 Å². The molecule has 0 saturated carbocycles. The van der Waals surface area contributed by atoms with Crippen molar-refractivity contribution in [3.05, 3.63) is 48.0 Å². The van der Waals surface area contributed by atoms with Crippen molar-refractivity contribution in [2.45, 2.75) is 36.8 Å². The van der Waals surface area contributed by atoms with E-state index in [4.69, 9.17) is 9.47 Å². The van der Waals surface area contributed by atoms with Crippen LogP contribution in [0.3, 0.4) is 0 Å². The zero-order valence-corrected chi connectivity index (χ0v) is 18.1. The summed E-state index contributed by atoms with van der Waals surface area (Å²) in [5, 5.41) is 5.39. The highest BCUT2D eigenvalue weighted by Gasteiger charge is 2.18. The van der Waals surface area contributed by atoms with Gasteiger partial charge in [-0.2, -0.15) is 0 Å². The van der Waals surface area contributed by atoms with Gasteiger partial charge in [-0.05, 0) is 43.7 Å². The fraction of sp³-hybridized carbons (Fsp3) is 0.364. The number of nitrogens with one attached hydrogen (secondary N) is 2. The van der Waals surface area contributed by atoms with Crippen LogP contribution in [0.2, 0.25) is 0 Å². The van der Waals surface area contributed by atoms with Crippen molar-refractivity contribution in [3.63, 3.8) is 0 Å². The molecule has 0 aliphatic rings. The van der Waals surface area contributed by atoms with Gasteiger partial charge in [0.25, 0.3) is 5.91 Å². The van der Waals surface area contributed by atoms with Gasteiger partial charge in [0.1, 0.15) is 0 Å². The molecule has 2 rings (SSSR count). The maximum Gasteiger partial charge on any atom is 0.253 e. The maximum absolute atomic E-state index is 12.7. The first kappa shape index (κ1) is 22.6. The predicted molar refractivity (Wildman–Crippen MR) is 117 cm³/mol. The highest BCUT2D eigenvalue weighted by Crippen LogP contribution is 2.33. The van der Waals surface area contributed by atoms with Crippen molar-refractivity contribution < 1.29 is 19.1 Å². The fourth-order valence-corrected chi connectivity index (χ4v) is 3.54. The van der Waals surface area contributed by atoms with Crippen LogP contribution in [0, 0.1) is 0 Å². The number of carbonyl (C=O) groups is 2. The normalized spacial score (nSPS) is 11.4. The summed E-state index contributed by atoms with van der Waals surface area (Å²) in [6.07, 6.45) is 1.92. The van der Waals surface area contributed by atoms with Crippen molar-refractivity contribution >= 4 is 29.3 Å². The van der Waals surface area contributed by atoms with Gasteiger partial charge in [0, 0.05) is 11.4 Å². The largest absolute Gasteiger partial charge is 0.493 e. The third-order valence-corrected chi connectivity index (χ3v) is 5.38. The van der Waals surface area contributed by atoms with Crippen molar-refractivity contribution in [3.8, 4) is 11.5 Å². The molecule has 29 heavy (non-hydrogen) atoms. The summed E-state index contributed by atoms with van der Waals surface area (Å²) in [4.78, 5) is 26.0. The Morgan fingerprint density at radius 2 is 1.79 bits per heavy atom. The quantitative estimate of drug-likeness (QED) is 0.445. The Bertz CT molecular complexity index is 841. The van der Waals surface area contributed by atoms with E-state index in [9.17, 15) is 9.59 Å². The monoisotopic (exact) mass is 416 g/mol. The first-order chi connectivity index (χ1) is 14.0. The van der Waals surface area contributed by atoms with E-state index in [2.05, 4.69) is 17.6 Å². The molecule has 2 N–H and O–H groups in total. The molecule has 0 aromatic heterocycles. The second-order valence-electron chi connectivity index (χ2n) is 6.42. The third-order valence-electron chi connectivity index (χ3n) is 4.28. The number of thioether (sulfide) groups is 1. The number of hydrogen-bond donors (Lipinski definition) is 2. The average Bonchev–Trinajstić information content (AvgIpc) is 2.74. The van der Waals surface area contributed by atoms with E-state index >= 15 is 0 Å². The first-order valence-corrected chi connectivity index (χ1v) is 10.4. The molecule has 2 aromatic rings. The molecule has 0 aliphatic heterocycles. The summed E-state index contributed by atoms with van der Waals surface area (Å²) in [6.45, 7) is 4.50. The Balaban J connectivity index is 2.05. The Morgan fingerprint density at radius 3 is 2.48 bits per heavy atom. The number of rotatable bonds is 10. The van der Waals surface area contributed by atoms with Crippen molar-refractivity contribution in [1.82, 2.24) is 5.32 Å². The van der Waals surface area contributed by atoms with Gasteiger partial charge in [-0.1, -0.05) is 25.5 Å². The Hall–Kier alpha value is -2.67. The van der Waals surface area contributed by atoms with Gasteiger partial charge in [-0.15, -0.1) is 11.8 Å². The van der Waals surface area contributed by atoms with Gasteiger partial charge < -0.3 is 20.1 Å². The number of anilines is 1. The summed E-state index contributed by atoms with van der Waals surface area (Å²) in [6, 6.07) is 12.6. The average molecular weight is 417 g/mol.